The van der Waals surface area contributed by atoms with Gasteiger partial charge in [-0.25, -0.2) is 0 Å². The van der Waals surface area contributed by atoms with Crippen LogP contribution in [0, 0.1) is 0 Å². The summed E-state index contributed by atoms with van der Waals surface area (Å²) >= 11 is 0. The first-order chi connectivity index (χ1) is 8.77. The fourth-order valence-corrected chi connectivity index (χ4v) is 2.02. The summed E-state index contributed by atoms with van der Waals surface area (Å²) in [4.78, 5) is 14.0. The number of benzene rings is 1. The standard InChI is InChI=1S/C12H17N3O3/c13-14-11-4-2-1-3-10(11)12(17)15-5-6-18-8-9(15)7-16/h1-4,9,14,16H,5-8,13H2. The topological polar surface area (TPSA) is 87.8 Å². The van der Waals surface area contributed by atoms with Crippen molar-refractivity contribution in [1.29, 1.82) is 0 Å². The van der Waals surface area contributed by atoms with Gasteiger partial charge in [-0.1, -0.05) is 12.1 Å². The molecule has 18 heavy (non-hydrogen) atoms. The third kappa shape index (κ3) is 2.45. The van der Waals surface area contributed by atoms with Crippen molar-refractivity contribution in [3.8, 4) is 0 Å². The summed E-state index contributed by atoms with van der Waals surface area (Å²) in [7, 11) is 0. The molecule has 2 rings (SSSR count). The van der Waals surface area contributed by atoms with E-state index >= 15 is 0 Å². The second-order valence-electron chi connectivity index (χ2n) is 4.10. The van der Waals surface area contributed by atoms with E-state index in [4.69, 9.17) is 10.6 Å². The summed E-state index contributed by atoms with van der Waals surface area (Å²) in [5.41, 5.74) is 3.58. The summed E-state index contributed by atoms with van der Waals surface area (Å²) in [6.45, 7) is 1.22. The molecule has 1 atom stereocenters. The molecule has 0 aliphatic carbocycles. The second-order valence-corrected chi connectivity index (χ2v) is 4.10. The van der Waals surface area contributed by atoms with E-state index < -0.39 is 0 Å². The van der Waals surface area contributed by atoms with Gasteiger partial charge in [0.1, 0.15) is 0 Å². The van der Waals surface area contributed by atoms with Crippen LogP contribution in [0.4, 0.5) is 5.69 Å². The Morgan fingerprint density at radius 2 is 2.33 bits per heavy atom. The largest absolute Gasteiger partial charge is 0.394 e. The SMILES string of the molecule is NNc1ccccc1C(=O)N1CCOCC1CO. The lowest BCUT2D eigenvalue weighted by Gasteiger charge is -2.34. The van der Waals surface area contributed by atoms with Crippen LogP contribution in [0.15, 0.2) is 24.3 Å². The quantitative estimate of drug-likeness (QED) is 0.512. The fraction of sp³-hybridized carbons (Fsp3) is 0.417. The molecule has 1 saturated heterocycles. The van der Waals surface area contributed by atoms with Crippen LogP contribution in [0.2, 0.25) is 0 Å². The van der Waals surface area contributed by atoms with E-state index in [-0.39, 0.29) is 18.6 Å². The number of morpholine rings is 1. The van der Waals surface area contributed by atoms with Gasteiger partial charge in [-0.05, 0) is 12.1 Å². The molecule has 0 saturated carbocycles. The number of aliphatic hydroxyl groups excluding tert-OH is 1. The smallest absolute Gasteiger partial charge is 0.256 e. The number of aliphatic hydroxyl groups is 1. The Bertz CT molecular complexity index is 425. The zero-order valence-corrected chi connectivity index (χ0v) is 10.0. The van der Waals surface area contributed by atoms with Gasteiger partial charge in [0.2, 0.25) is 0 Å². The molecular weight excluding hydrogens is 234 g/mol. The number of rotatable bonds is 3. The number of anilines is 1. The molecule has 0 radical (unpaired) electrons. The average Bonchev–Trinajstić information content (AvgIpc) is 2.46. The molecule has 6 heteroatoms. The maximum Gasteiger partial charge on any atom is 0.256 e. The highest BCUT2D eigenvalue weighted by Crippen LogP contribution is 2.18. The summed E-state index contributed by atoms with van der Waals surface area (Å²) < 4.78 is 5.25. The number of hydrogen-bond acceptors (Lipinski definition) is 5. The molecule has 1 aromatic rings. The third-order valence-electron chi connectivity index (χ3n) is 3.01. The molecule has 1 fully saturated rings. The first kappa shape index (κ1) is 12.8. The van der Waals surface area contributed by atoms with E-state index in [0.29, 0.717) is 31.0 Å². The highest BCUT2D eigenvalue weighted by molar-refractivity contribution is 5.99. The number of carbonyl (C=O) groups excluding carboxylic acids is 1. The lowest BCUT2D eigenvalue weighted by atomic mass is 10.1. The Kier molecular flexibility index (Phi) is 4.14. The predicted molar refractivity (Wildman–Crippen MR) is 67.0 cm³/mol. The number of ether oxygens (including phenoxy) is 1. The highest BCUT2D eigenvalue weighted by atomic mass is 16.5. The number of amides is 1. The zero-order chi connectivity index (χ0) is 13.0. The number of nitrogens with two attached hydrogens (primary N) is 1. The van der Waals surface area contributed by atoms with Crippen molar-refractivity contribution >= 4 is 11.6 Å². The van der Waals surface area contributed by atoms with Crippen LogP contribution >= 0.6 is 0 Å². The van der Waals surface area contributed by atoms with Gasteiger partial charge in [-0.15, -0.1) is 0 Å². The normalized spacial score (nSPS) is 19.7. The van der Waals surface area contributed by atoms with E-state index in [0.717, 1.165) is 0 Å². The molecule has 1 unspecified atom stereocenters. The van der Waals surface area contributed by atoms with Crippen LogP contribution in [-0.2, 0) is 4.74 Å². The summed E-state index contributed by atoms with van der Waals surface area (Å²) in [5, 5.41) is 9.27. The summed E-state index contributed by atoms with van der Waals surface area (Å²) in [5.74, 6) is 5.24. The average molecular weight is 251 g/mol. The molecule has 0 aromatic heterocycles. The molecule has 1 aliphatic heterocycles. The zero-order valence-electron chi connectivity index (χ0n) is 10.0. The van der Waals surface area contributed by atoms with Gasteiger partial charge in [0.15, 0.2) is 0 Å². The number of nitrogen functional groups attached to an aromatic ring is 1. The predicted octanol–water partition coefficient (Wildman–Crippen LogP) is -0.194. The van der Waals surface area contributed by atoms with E-state index in [1.165, 1.54) is 0 Å². The number of hydrogen-bond donors (Lipinski definition) is 3. The number of para-hydroxylation sites is 1. The van der Waals surface area contributed by atoms with Gasteiger partial charge < -0.3 is 20.2 Å². The van der Waals surface area contributed by atoms with Gasteiger partial charge in [-0.2, -0.15) is 0 Å². The molecule has 0 bridgehead atoms. The first-order valence-corrected chi connectivity index (χ1v) is 5.83. The first-order valence-electron chi connectivity index (χ1n) is 5.83. The summed E-state index contributed by atoms with van der Waals surface area (Å²) in [6, 6.07) is 6.73. The number of nitrogens with zero attached hydrogens (tertiary/aromatic N) is 1. The van der Waals surface area contributed by atoms with Crippen LogP contribution in [-0.4, -0.2) is 48.3 Å². The maximum atomic E-state index is 12.4. The highest BCUT2D eigenvalue weighted by Gasteiger charge is 2.28. The second kappa shape index (κ2) is 5.81. The van der Waals surface area contributed by atoms with Crippen molar-refractivity contribution in [1.82, 2.24) is 4.90 Å². The van der Waals surface area contributed by atoms with Gasteiger partial charge in [0, 0.05) is 6.54 Å². The van der Waals surface area contributed by atoms with Crippen molar-refractivity contribution in [2.45, 2.75) is 6.04 Å². The molecule has 1 aliphatic rings. The monoisotopic (exact) mass is 251 g/mol. The fourth-order valence-electron chi connectivity index (χ4n) is 2.02. The lowest BCUT2D eigenvalue weighted by molar-refractivity contribution is -0.0183. The van der Waals surface area contributed by atoms with Gasteiger partial charge in [0.05, 0.1) is 37.1 Å². The van der Waals surface area contributed by atoms with Crippen LogP contribution in [0.25, 0.3) is 0 Å². The van der Waals surface area contributed by atoms with Gasteiger partial charge in [0.25, 0.3) is 5.91 Å². The van der Waals surface area contributed by atoms with Gasteiger partial charge in [-0.3, -0.25) is 10.6 Å². The van der Waals surface area contributed by atoms with E-state index in [2.05, 4.69) is 5.43 Å². The molecule has 1 amide bonds. The van der Waals surface area contributed by atoms with Crippen molar-refractivity contribution in [2.24, 2.45) is 5.84 Å². The van der Waals surface area contributed by atoms with E-state index in [1.807, 2.05) is 0 Å². The molecule has 4 N–H and O–H groups in total. The Morgan fingerprint density at radius 3 is 3.06 bits per heavy atom. The Hall–Kier alpha value is -1.63. The minimum absolute atomic E-state index is 0.107. The molecule has 0 spiro atoms. The van der Waals surface area contributed by atoms with Crippen LogP contribution < -0.4 is 11.3 Å². The maximum absolute atomic E-state index is 12.4. The molecule has 6 nitrogen and oxygen atoms in total. The minimum atomic E-state index is -0.294. The summed E-state index contributed by atoms with van der Waals surface area (Å²) in [6.07, 6.45) is 0. The third-order valence-corrected chi connectivity index (χ3v) is 3.01. The molecule has 1 aromatic carbocycles. The van der Waals surface area contributed by atoms with E-state index in [9.17, 15) is 9.90 Å². The van der Waals surface area contributed by atoms with Crippen molar-refractivity contribution in [3.63, 3.8) is 0 Å². The Balaban J connectivity index is 2.24. The number of hydrazine groups is 1. The minimum Gasteiger partial charge on any atom is -0.394 e. The van der Waals surface area contributed by atoms with Crippen molar-refractivity contribution in [3.05, 3.63) is 29.8 Å². The van der Waals surface area contributed by atoms with Crippen molar-refractivity contribution < 1.29 is 14.6 Å². The molecule has 98 valence electrons. The van der Waals surface area contributed by atoms with Crippen molar-refractivity contribution in [2.75, 3.05) is 31.8 Å². The van der Waals surface area contributed by atoms with E-state index in [1.54, 1.807) is 29.2 Å². The van der Waals surface area contributed by atoms with Crippen LogP contribution in [0.1, 0.15) is 10.4 Å². The molecular formula is C12H17N3O3. The molecule has 1 heterocycles. The number of nitrogens with one attached hydrogen (secondary N) is 1. The van der Waals surface area contributed by atoms with Gasteiger partial charge >= 0.3 is 0 Å². The Morgan fingerprint density at radius 1 is 1.56 bits per heavy atom. The Labute approximate surface area is 105 Å². The number of carbonyl (C=O) groups is 1. The van der Waals surface area contributed by atoms with Crippen LogP contribution in [0.5, 0.6) is 0 Å². The van der Waals surface area contributed by atoms with Crippen LogP contribution in [0.3, 0.4) is 0 Å². The lowest BCUT2D eigenvalue weighted by Crippen LogP contribution is -2.50.